The zero-order valence-corrected chi connectivity index (χ0v) is 19.2. The van der Waals surface area contributed by atoms with Crippen LogP contribution in [0.15, 0.2) is 36.4 Å². The van der Waals surface area contributed by atoms with E-state index >= 15 is 0 Å². The Morgan fingerprint density at radius 1 is 0.632 bits per heavy atom. The molecule has 0 nitrogen and oxygen atoms in total. The molecule has 0 aromatic heterocycles. The highest BCUT2D eigenvalue weighted by molar-refractivity contribution is 14.1. The second-order valence-corrected chi connectivity index (χ2v) is 9.62. The Bertz CT molecular complexity index is 532. The van der Waals surface area contributed by atoms with Gasteiger partial charge in [-0.3, -0.25) is 0 Å². The fourth-order valence-corrected chi connectivity index (χ4v) is 4.31. The van der Waals surface area contributed by atoms with Gasteiger partial charge in [-0.15, -0.1) is 0 Å². The molecule has 2 rings (SSSR count). The van der Waals surface area contributed by atoms with E-state index < -0.39 is 0 Å². The lowest BCUT2D eigenvalue weighted by Gasteiger charge is -2.05. The summed E-state index contributed by atoms with van der Waals surface area (Å²) in [7, 11) is 0. The lowest BCUT2D eigenvalue weighted by atomic mass is 10.2. The standard InChI is InChI=1S/C14H10I4S/c15-11-3-1-9(5-13(11)17)7-19-8-10-2-4-12(16)14(18)6-10/h1-6H,7-8H2. The third-order valence-corrected chi connectivity index (χ3v) is 9.31. The van der Waals surface area contributed by atoms with Crippen LogP contribution >= 0.6 is 102 Å². The van der Waals surface area contributed by atoms with Crippen LogP contribution in [-0.4, -0.2) is 0 Å². The van der Waals surface area contributed by atoms with Crippen LogP contribution < -0.4 is 0 Å². The molecule has 5 heteroatoms. The summed E-state index contributed by atoms with van der Waals surface area (Å²) >= 11 is 11.5. The number of rotatable bonds is 4. The van der Waals surface area contributed by atoms with Gasteiger partial charge in [-0.25, -0.2) is 0 Å². The molecule has 0 amide bonds. The molecule has 2 aromatic carbocycles. The normalized spacial score (nSPS) is 10.7. The second-order valence-electron chi connectivity index (χ2n) is 3.99. The van der Waals surface area contributed by atoms with E-state index in [9.17, 15) is 0 Å². The average Bonchev–Trinajstić information content (AvgIpc) is 2.38. The Balaban J connectivity index is 1.92. The van der Waals surface area contributed by atoms with Gasteiger partial charge in [0.2, 0.25) is 0 Å². The molecule has 0 heterocycles. The lowest BCUT2D eigenvalue weighted by Crippen LogP contribution is -1.88. The minimum Gasteiger partial charge on any atom is -0.152 e. The molecule has 0 saturated heterocycles. The summed E-state index contributed by atoms with van der Waals surface area (Å²) in [4.78, 5) is 0. The Labute approximate surface area is 172 Å². The minimum atomic E-state index is 1.08. The minimum absolute atomic E-state index is 1.08. The van der Waals surface area contributed by atoms with Gasteiger partial charge in [0.05, 0.1) is 0 Å². The fourth-order valence-electron chi connectivity index (χ4n) is 1.55. The molecule has 0 spiro atoms. The van der Waals surface area contributed by atoms with Gasteiger partial charge >= 0.3 is 0 Å². The summed E-state index contributed by atoms with van der Waals surface area (Å²) in [6.07, 6.45) is 0. The Hall–Kier alpha value is 1.71. The highest BCUT2D eigenvalue weighted by Crippen LogP contribution is 2.24. The molecular formula is C14H10I4S. The predicted octanol–water partition coefficient (Wildman–Crippen LogP) is 6.54. The van der Waals surface area contributed by atoms with Gasteiger partial charge in [0.15, 0.2) is 0 Å². The molecule has 0 fully saturated rings. The first-order chi connectivity index (χ1) is 9.06. The SMILES string of the molecule is Ic1ccc(CSCc2ccc(I)c(I)c2)cc1I. The molecule has 0 aliphatic heterocycles. The topological polar surface area (TPSA) is 0 Å². The third kappa shape index (κ3) is 5.44. The van der Waals surface area contributed by atoms with Crippen LogP contribution in [0.25, 0.3) is 0 Å². The van der Waals surface area contributed by atoms with Gasteiger partial charge in [0, 0.05) is 25.8 Å². The summed E-state index contributed by atoms with van der Waals surface area (Å²) in [5, 5.41) is 0. The third-order valence-electron chi connectivity index (χ3n) is 2.51. The van der Waals surface area contributed by atoms with Crippen molar-refractivity contribution < 1.29 is 0 Å². The molecular weight excluding hydrogens is 708 g/mol. The van der Waals surface area contributed by atoms with Crippen molar-refractivity contribution in [3.63, 3.8) is 0 Å². The lowest BCUT2D eigenvalue weighted by molar-refractivity contribution is 1.34. The quantitative estimate of drug-likeness (QED) is 0.324. The Kier molecular flexibility index (Phi) is 7.52. The summed E-state index contributed by atoms with van der Waals surface area (Å²) in [5.74, 6) is 2.16. The van der Waals surface area contributed by atoms with Crippen molar-refractivity contribution in [2.45, 2.75) is 11.5 Å². The van der Waals surface area contributed by atoms with Gasteiger partial charge in [-0.1, -0.05) is 12.1 Å². The van der Waals surface area contributed by atoms with Crippen molar-refractivity contribution in [3.05, 3.63) is 61.8 Å². The van der Waals surface area contributed by atoms with E-state index in [0.29, 0.717) is 0 Å². The second kappa shape index (κ2) is 8.37. The molecule has 0 unspecified atom stereocenters. The van der Waals surface area contributed by atoms with E-state index in [2.05, 4.69) is 127 Å². The van der Waals surface area contributed by atoms with Crippen molar-refractivity contribution in [1.29, 1.82) is 0 Å². The number of hydrogen-bond donors (Lipinski definition) is 0. The van der Waals surface area contributed by atoms with E-state index in [1.807, 2.05) is 11.8 Å². The van der Waals surface area contributed by atoms with Gasteiger partial charge in [-0.2, -0.15) is 11.8 Å². The largest absolute Gasteiger partial charge is 0.152 e. The van der Waals surface area contributed by atoms with Crippen LogP contribution in [0, 0.1) is 14.3 Å². The summed E-state index contributed by atoms with van der Waals surface area (Å²) in [5.41, 5.74) is 2.82. The monoisotopic (exact) mass is 718 g/mol. The zero-order valence-electron chi connectivity index (χ0n) is 9.80. The summed E-state index contributed by atoms with van der Waals surface area (Å²) < 4.78 is 5.36. The van der Waals surface area contributed by atoms with E-state index in [0.717, 1.165) is 11.5 Å². The van der Waals surface area contributed by atoms with Crippen LogP contribution in [0.3, 0.4) is 0 Å². The van der Waals surface area contributed by atoms with Crippen LogP contribution in [0.5, 0.6) is 0 Å². The first-order valence-electron chi connectivity index (χ1n) is 5.52. The zero-order chi connectivity index (χ0) is 13.8. The smallest absolute Gasteiger partial charge is 0.0266 e. The van der Waals surface area contributed by atoms with E-state index in [1.165, 1.54) is 25.4 Å². The van der Waals surface area contributed by atoms with Crippen LogP contribution in [0.2, 0.25) is 0 Å². The molecule has 2 aromatic rings. The van der Waals surface area contributed by atoms with Gasteiger partial charge in [0.1, 0.15) is 0 Å². The Morgan fingerprint density at radius 3 is 1.42 bits per heavy atom. The van der Waals surface area contributed by atoms with Crippen molar-refractivity contribution in [2.24, 2.45) is 0 Å². The number of thioether (sulfide) groups is 1. The van der Waals surface area contributed by atoms with Crippen molar-refractivity contribution >= 4 is 102 Å². The molecule has 0 bridgehead atoms. The predicted molar refractivity (Wildman–Crippen MR) is 119 cm³/mol. The van der Waals surface area contributed by atoms with Crippen molar-refractivity contribution in [3.8, 4) is 0 Å². The maximum absolute atomic E-state index is 2.40. The van der Waals surface area contributed by atoms with Crippen LogP contribution in [-0.2, 0) is 11.5 Å². The van der Waals surface area contributed by atoms with Gasteiger partial charge in [-0.05, 0) is 126 Å². The van der Waals surface area contributed by atoms with Crippen LogP contribution in [0.4, 0.5) is 0 Å². The Morgan fingerprint density at radius 2 is 1.05 bits per heavy atom. The molecule has 0 aliphatic carbocycles. The summed E-state index contributed by atoms with van der Waals surface area (Å²) in [6, 6.07) is 13.4. The highest BCUT2D eigenvalue weighted by Gasteiger charge is 2.01. The molecule has 100 valence electrons. The van der Waals surface area contributed by atoms with E-state index in [1.54, 1.807) is 0 Å². The maximum atomic E-state index is 2.40. The van der Waals surface area contributed by atoms with E-state index in [-0.39, 0.29) is 0 Å². The molecule has 19 heavy (non-hydrogen) atoms. The van der Waals surface area contributed by atoms with Gasteiger partial charge in [0.25, 0.3) is 0 Å². The van der Waals surface area contributed by atoms with Crippen LogP contribution in [0.1, 0.15) is 11.1 Å². The summed E-state index contributed by atoms with van der Waals surface area (Å²) in [6.45, 7) is 0. The van der Waals surface area contributed by atoms with E-state index in [4.69, 9.17) is 0 Å². The molecule has 0 radical (unpaired) electrons. The number of halogens is 4. The first-order valence-corrected chi connectivity index (χ1v) is 11.0. The molecule has 0 saturated carbocycles. The molecule has 0 atom stereocenters. The van der Waals surface area contributed by atoms with Crippen molar-refractivity contribution in [1.82, 2.24) is 0 Å². The maximum Gasteiger partial charge on any atom is 0.0266 e. The molecule has 0 aliphatic rings. The first kappa shape index (κ1) is 17.1. The van der Waals surface area contributed by atoms with Crippen molar-refractivity contribution in [2.75, 3.05) is 0 Å². The van der Waals surface area contributed by atoms with Gasteiger partial charge < -0.3 is 0 Å². The fraction of sp³-hybridized carbons (Fsp3) is 0.143. The average molecular weight is 718 g/mol. The highest BCUT2D eigenvalue weighted by atomic mass is 127. The number of hydrogen-bond acceptors (Lipinski definition) is 1. The molecule has 0 N–H and O–H groups in total. The number of benzene rings is 2.